The Kier molecular flexibility index (Phi) is 6.64. The number of carbonyl (C=O) groups excluding carboxylic acids is 1. The van der Waals surface area contributed by atoms with Crippen LogP contribution in [0.25, 0.3) is 11.0 Å². The van der Waals surface area contributed by atoms with Crippen LogP contribution in [0.5, 0.6) is 0 Å². The van der Waals surface area contributed by atoms with Crippen molar-refractivity contribution in [3.63, 3.8) is 0 Å². The number of hydrogen-bond donors (Lipinski definition) is 0. The first-order valence-electron chi connectivity index (χ1n) is 11.1. The Balaban J connectivity index is 1.58. The highest BCUT2D eigenvalue weighted by Gasteiger charge is 2.27. The van der Waals surface area contributed by atoms with Gasteiger partial charge >= 0.3 is 0 Å². The van der Waals surface area contributed by atoms with Crippen molar-refractivity contribution in [3.05, 3.63) is 42.4 Å². The summed E-state index contributed by atoms with van der Waals surface area (Å²) in [5.41, 5.74) is 3.47. The second-order valence-corrected chi connectivity index (χ2v) is 8.56. The first kappa shape index (κ1) is 22.1. The van der Waals surface area contributed by atoms with Gasteiger partial charge in [0.2, 0.25) is 0 Å². The summed E-state index contributed by atoms with van der Waals surface area (Å²) in [7, 11) is 3.73. The molecule has 1 fully saturated rings. The fraction of sp³-hybridized carbons (Fsp3) is 0.522. The summed E-state index contributed by atoms with van der Waals surface area (Å²) in [6, 6.07) is 2.49. The molecule has 170 valence electrons. The number of fused-ring (bicyclic) bond motifs is 1. The lowest BCUT2D eigenvalue weighted by atomic mass is 9.92. The van der Waals surface area contributed by atoms with Gasteiger partial charge in [-0.15, -0.1) is 0 Å². The molecule has 1 aliphatic rings. The normalized spacial score (nSPS) is 15.0. The molecule has 0 aliphatic carbocycles. The van der Waals surface area contributed by atoms with Crippen LogP contribution in [0.4, 0.5) is 5.82 Å². The highest BCUT2D eigenvalue weighted by molar-refractivity contribution is 5.92. The van der Waals surface area contributed by atoms with Gasteiger partial charge in [-0.1, -0.05) is 0 Å². The summed E-state index contributed by atoms with van der Waals surface area (Å²) in [5.74, 6) is 1.11. The van der Waals surface area contributed by atoms with Gasteiger partial charge in [-0.3, -0.25) is 9.78 Å². The van der Waals surface area contributed by atoms with Gasteiger partial charge in [0.15, 0.2) is 5.82 Å². The van der Waals surface area contributed by atoms with E-state index in [0.717, 1.165) is 41.9 Å². The van der Waals surface area contributed by atoms with Crippen LogP contribution in [-0.4, -0.2) is 75.7 Å². The fourth-order valence-corrected chi connectivity index (χ4v) is 4.20. The number of carbonyl (C=O) groups is 1. The lowest BCUT2D eigenvalue weighted by molar-refractivity contribution is 0.0705. The molecule has 3 aromatic rings. The third-order valence-corrected chi connectivity index (χ3v) is 6.09. The zero-order valence-corrected chi connectivity index (χ0v) is 19.2. The quantitative estimate of drug-likeness (QED) is 0.561. The monoisotopic (exact) mass is 437 g/mol. The van der Waals surface area contributed by atoms with Crippen LogP contribution >= 0.6 is 0 Å². The van der Waals surface area contributed by atoms with Gasteiger partial charge in [-0.2, -0.15) is 0 Å². The molecular weight excluding hydrogens is 406 g/mol. The number of likely N-dealkylation sites (N-methyl/N-ethyl adjacent to an activating group) is 1. The molecule has 0 bridgehead atoms. The Labute approximate surface area is 188 Å². The van der Waals surface area contributed by atoms with Crippen molar-refractivity contribution in [3.8, 4) is 0 Å². The number of rotatable bonds is 7. The van der Waals surface area contributed by atoms with E-state index in [9.17, 15) is 4.79 Å². The van der Waals surface area contributed by atoms with Gasteiger partial charge in [0, 0.05) is 63.8 Å². The summed E-state index contributed by atoms with van der Waals surface area (Å²) in [6.07, 6.45) is 8.28. The number of pyridine rings is 1. The molecule has 1 saturated heterocycles. The van der Waals surface area contributed by atoms with Crippen molar-refractivity contribution < 1.29 is 9.53 Å². The van der Waals surface area contributed by atoms with Crippen LogP contribution in [-0.2, 0) is 4.74 Å². The minimum atomic E-state index is -0.0576. The largest absolute Gasteiger partial charge is 0.383 e. The van der Waals surface area contributed by atoms with Crippen LogP contribution in [0, 0.1) is 0 Å². The minimum absolute atomic E-state index is 0.0576. The molecule has 0 N–H and O–H groups in total. The lowest BCUT2D eigenvalue weighted by Crippen LogP contribution is -2.38. The van der Waals surface area contributed by atoms with E-state index in [1.54, 1.807) is 19.5 Å². The zero-order valence-electron chi connectivity index (χ0n) is 19.2. The molecule has 32 heavy (non-hydrogen) atoms. The molecule has 0 radical (unpaired) electrons. The maximum atomic E-state index is 12.7. The maximum absolute atomic E-state index is 12.7. The Morgan fingerprint density at radius 1 is 1.25 bits per heavy atom. The smallest absolute Gasteiger partial charge is 0.274 e. The molecule has 9 nitrogen and oxygen atoms in total. The van der Waals surface area contributed by atoms with Gasteiger partial charge < -0.3 is 19.1 Å². The number of aromatic nitrogens is 5. The summed E-state index contributed by atoms with van der Waals surface area (Å²) in [6.45, 7) is 7.04. The molecule has 0 atom stereocenters. The van der Waals surface area contributed by atoms with Crippen LogP contribution in [0.1, 0.15) is 54.8 Å². The van der Waals surface area contributed by atoms with Crippen molar-refractivity contribution in [2.45, 2.75) is 38.6 Å². The SMILES string of the molecule is COCCN(C)c1nc(C2CCN(C(=O)c3cnccn3)CC2)cc2c1ncn2C(C)C. The molecular formula is C23H31N7O2. The molecule has 0 unspecified atom stereocenters. The molecule has 1 aliphatic heterocycles. The molecule has 3 aromatic heterocycles. The molecule has 4 heterocycles. The fourth-order valence-electron chi connectivity index (χ4n) is 4.20. The Bertz CT molecular complexity index is 1060. The maximum Gasteiger partial charge on any atom is 0.274 e. The first-order valence-corrected chi connectivity index (χ1v) is 11.1. The number of nitrogens with zero attached hydrogens (tertiary/aromatic N) is 7. The number of imidazole rings is 1. The van der Waals surface area contributed by atoms with E-state index in [1.807, 2.05) is 18.3 Å². The van der Waals surface area contributed by atoms with Crippen molar-refractivity contribution in [1.29, 1.82) is 0 Å². The van der Waals surface area contributed by atoms with E-state index in [1.165, 1.54) is 6.20 Å². The molecule has 0 aromatic carbocycles. The van der Waals surface area contributed by atoms with E-state index in [2.05, 4.69) is 44.3 Å². The van der Waals surface area contributed by atoms with Crippen molar-refractivity contribution >= 4 is 22.8 Å². The Hall–Kier alpha value is -3.07. The molecule has 0 saturated carbocycles. The second kappa shape index (κ2) is 9.60. The highest BCUT2D eigenvalue weighted by Crippen LogP contribution is 2.33. The van der Waals surface area contributed by atoms with Gasteiger partial charge in [0.05, 0.1) is 24.6 Å². The van der Waals surface area contributed by atoms with E-state index in [0.29, 0.717) is 31.4 Å². The van der Waals surface area contributed by atoms with Gasteiger partial charge in [0.25, 0.3) is 5.91 Å². The van der Waals surface area contributed by atoms with E-state index in [-0.39, 0.29) is 11.8 Å². The third kappa shape index (κ3) is 4.43. The number of anilines is 1. The number of amides is 1. The number of likely N-dealkylation sites (tertiary alicyclic amines) is 1. The predicted molar refractivity (Wildman–Crippen MR) is 123 cm³/mol. The molecule has 1 amide bonds. The molecule has 9 heteroatoms. The molecule has 0 spiro atoms. The van der Waals surface area contributed by atoms with E-state index >= 15 is 0 Å². The van der Waals surface area contributed by atoms with Crippen LogP contribution < -0.4 is 4.90 Å². The Morgan fingerprint density at radius 3 is 2.69 bits per heavy atom. The summed E-state index contributed by atoms with van der Waals surface area (Å²) in [4.78, 5) is 34.6. The topological polar surface area (TPSA) is 89.3 Å². The minimum Gasteiger partial charge on any atom is -0.383 e. The summed E-state index contributed by atoms with van der Waals surface area (Å²) < 4.78 is 7.46. The van der Waals surface area contributed by atoms with Gasteiger partial charge in [-0.25, -0.2) is 15.0 Å². The lowest BCUT2D eigenvalue weighted by Gasteiger charge is -2.32. The predicted octanol–water partition coefficient (Wildman–Crippen LogP) is 2.90. The van der Waals surface area contributed by atoms with Crippen LogP contribution in [0.3, 0.4) is 0 Å². The standard InChI is InChI=1S/C23H31N7O2/c1-16(2)30-15-26-21-20(30)13-18(27-22(21)28(3)11-12-32-4)17-5-9-29(10-6-17)23(31)19-14-24-7-8-25-19/h7-8,13-17H,5-6,9-12H2,1-4H3. The average molecular weight is 438 g/mol. The number of methoxy groups -OCH3 is 1. The van der Waals surface area contributed by atoms with Gasteiger partial charge in [0.1, 0.15) is 11.2 Å². The first-order chi connectivity index (χ1) is 15.5. The van der Waals surface area contributed by atoms with Crippen molar-refractivity contribution in [2.75, 3.05) is 45.3 Å². The highest BCUT2D eigenvalue weighted by atomic mass is 16.5. The number of ether oxygens (including phenoxy) is 1. The second-order valence-electron chi connectivity index (χ2n) is 8.56. The van der Waals surface area contributed by atoms with Crippen molar-refractivity contribution in [2.24, 2.45) is 0 Å². The Morgan fingerprint density at radius 2 is 2.03 bits per heavy atom. The summed E-state index contributed by atoms with van der Waals surface area (Å²) >= 11 is 0. The average Bonchev–Trinajstić information content (AvgIpc) is 3.26. The van der Waals surface area contributed by atoms with Crippen LogP contribution in [0.15, 0.2) is 31.0 Å². The summed E-state index contributed by atoms with van der Waals surface area (Å²) in [5, 5.41) is 0. The molecule has 4 rings (SSSR count). The zero-order chi connectivity index (χ0) is 22.7. The van der Waals surface area contributed by atoms with E-state index in [4.69, 9.17) is 9.72 Å². The third-order valence-electron chi connectivity index (χ3n) is 6.09. The number of hydrogen-bond acceptors (Lipinski definition) is 7. The van der Waals surface area contributed by atoms with Gasteiger partial charge in [-0.05, 0) is 32.8 Å². The number of piperidine rings is 1. The van der Waals surface area contributed by atoms with Crippen LogP contribution in [0.2, 0.25) is 0 Å². The van der Waals surface area contributed by atoms with E-state index < -0.39 is 0 Å². The van der Waals surface area contributed by atoms with Crippen molar-refractivity contribution in [1.82, 2.24) is 29.4 Å².